The first-order valence-corrected chi connectivity index (χ1v) is 4.84. The highest BCUT2D eigenvalue weighted by Crippen LogP contribution is 2.30. The first-order chi connectivity index (χ1) is 6.92. The lowest BCUT2D eigenvalue weighted by atomic mass is 10.3. The van der Waals surface area contributed by atoms with E-state index in [1.165, 1.54) is 12.8 Å². The first-order valence-electron chi connectivity index (χ1n) is 4.84. The molecule has 2 heterocycles. The van der Waals surface area contributed by atoms with Gasteiger partial charge >= 0.3 is 0 Å². The summed E-state index contributed by atoms with van der Waals surface area (Å²) in [5.74, 6) is 1.49. The summed E-state index contributed by atoms with van der Waals surface area (Å²) < 4.78 is 7.16. The van der Waals surface area contributed by atoms with Crippen LogP contribution >= 0.6 is 0 Å². The highest BCUT2D eigenvalue weighted by molar-refractivity contribution is 5.49. The van der Waals surface area contributed by atoms with Gasteiger partial charge in [-0.25, -0.2) is 4.98 Å². The molecule has 1 aliphatic carbocycles. The maximum atomic E-state index is 5.19. The molecule has 0 amide bonds. The van der Waals surface area contributed by atoms with Crippen molar-refractivity contribution >= 4 is 0 Å². The van der Waals surface area contributed by atoms with Crippen molar-refractivity contribution in [3.63, 3.8) is 0 Å². The van der Waals surface area contributed by atoms with E-state index in [4.69, 9.17) is 4.42 Å². The number of oxazole rings is 1. The first kappa shape index (κ1) is 7.79. The molecule has 0 radical (unpaired) electrons. The van der Waals surface area contributed by atoms with Crippen LogP contribution in [0.3, 0.4) is 0 Å². The monoisotopic (exact) mass is 189 g/mol. The molecule has 14 heavy (non-hydrogen) atoms. The van der Waals surface area contributed by atoms with E-state index in [-0.39, 0.29) is 0 Å². The lowest BCUT2D eigenvalue weighted by molar-refractivity contribution is 0.561. The molecule has 2 aromatic heterocycles. The summed E-state index contributed by atoms with van der Waals surface area (Å²) >= 11 is 0. The largest absolute Gasteiger partial charge is 0.444 e. The Labute approximate surface area is 81.6 Å². The van der Waals surface area contributed by atoms with Crippen LogP contribution in [0, 0.1) is 5.92 Å². The van der Waals surface area contributed by atoms with Crippen LogP contribution in [0.4, 0.5) is 0 Å². The molecule has 1 fully saturated rings. The molecule has 0 spiro atoms. The van der Waals surface area contributed by atoms with Crippen LogP contribution in [0.5, 0.6) is 0 Å². The lowest BCUT2D eigenvalue weighted by Gasteiger charge is -1.95. The zero-order chi connectivity index (χ0) is 9.38. The van der Waals surface area contributed by atoms with Crippen LogP contribution in [-0.4, -0.2) is 14.8 Å². The Morgan fingerprint density at radius 3 is 3.14 bits per heavy atom. The predicted molar refractivity (Wildman–Crippen MR) is 50.4 cm³/mol. The summed E-state index contributed by atoms with van der Waals surface area (Å²) in [7, 11) is 0. The quantitative estimate of drug-likeness (QED) is 0.741. The SMILES string of the molecule is c1coc(-c2cnn(CC3CC3)c2)n1. The Balaban J connectivity index is 1.82. The number of hydrogen-bond acceptors (Lipinski definition) is 3. The highest BCUT2D eigenvalue weighted by Gasteiger charge is 2.22. The molecule has 3 rings (SSSR count). The second kappa shape index (κ2) is 2.97. The summed E-state index contributed by atoms with van der Waals surface area (Å²) in [6.07, 6.45) is 9.70. The van der Waals surface area contributed by atoms with Crippen molar-refractivity contribution in [1.29, 1.82) is 0 Å². The van der Waals surface area contributed by atoms with Crippen LogP contribution in [0.1, 0.15) is 12.8 Å². The van der Waals surface area contributed by atoms with Crippen LogP contribution in [-0.2, 0) is 6.54 Å². The molecule has 0 N–H and O–H groups in total. The maximum Gasteiger partial charge on any atom is 0.229 e. The summed E-state index contributed by atoms with van der Waals surface area (Å²) in [5.41, 5.74) is 0.954. The minimum absolute atomic E-state index is 0.645. The molecule has 2 aromatic rings. The van der Waals surface area contributed by atoms with E-state index in [1.54, 1.807) is 18.7 Å². The number of rotatable bonds is 3. The molecule has 0 unspecified atom stereocenters. The van der Waals surface area contributed by atoms with Gasteiger partial charge in [0.15, 0.2) is 0 Å². The second-order valence-corrected chi connectivity index (χ2v) is 3.73. The Kier molecular flexibility index (Phi) is 1.65. The normalized spacial score (nSPS) is 16.0. The van der Waals surface area contributed by atoms with E-state index in [2.05, 4.69) is 10.1 Å². The lowest BCUT2D eigenvalue weighted by Crippen LogP contribution is -1.98. The Hall–Kier alpha value is -1.58. The molecule has 1 saturated carbocycles. The third-order valence-corrected chi connectivity index (χ3v) is 2.45. The average Bonchev–Trinajstić information content (AvgIpc) is 2.71. The van der Waals surface area contributed by atoms with Gasteiger partial charge in [-0.15, -0.1) is 0 Å². The molecular formula is C10H11N3O. The minimum atomic E-state index is 0.645. The molecule has 4 heteroatoms. The van der Waals surface area contributed by atoms with Crippen LogP contribution < -0.4 is 0 Å². The molecule has 72 valence electrons. The standard InChI is InChI=1S/C10H11N3O/c1-2-8(1)6-13-7-9(5-12-13)10-11-3-4-14-10/h3-5,7-8H,1-2,6H2. The topological polar surface area (TPSA) is 43.9 Å². The summed E-state index contributed by atoms with van der Waals surface area (Å²) in [6.45, 7) is 1.03. The van der Waals surface area contributed by atoms with Gasteiger partial charge < -0.3 is 4.42 Å². The molecule has 0 atom stereocenters. The van der Waals surface area contributed by atoms with Gasteiger partial charge in [0.05, 0.1) is 18.0 Å². The molecule has 0 aromatic carbocycles. The fourth-order valence-electron chi connectivity index (χ4n) is 1.50. The zero-order valence-corrected chi connectivity index (χ0v) is 7.76. The van der Waals surface area contributed by atoms with E-state index < -0.39 is 0 Å². The molecular weight excluding hydrogens is 178 g/mol. The fourth-order valence-corrected chi connectivity index (χ4v) is 1.50. The van der Waals surface area contributed by atoms with Gasteiger partial charge in [0.2, 0.25) is 5.89 Å². The second-order valence-electron chi connectivity index (χ2n) is 3.73. The van der Waals surface area contributed by atoms with Gasteiger partial charge in [-0.1, -0.05) is 0 Å². The Bertz CT molecular complexity index is 414. The number of aromatic nitrogens is 3. The predicted octanol–water partition coefficient (Wildman–Crippen LogP) is 1.95. The van der Waals surface area contributed by atoms with E-state index >= 15 is 0 Å². The molecule has 0 saturated heterocycles. The zero-order valence-electron chi connectivity index (χ0n) is 7.76. The van der Waals surface area contributed by atoms with Gasteiger partial charge in [0.1, 0.15) is 6.26 Å². The van der Waals surface area contributed by atoms with Gasteiger partial charge in [0.25, 0.3) is 0 Å². The van der Waals surface area contributed by atoms with E-state index in [0.29, 0.717) is 5.89 Å². The van der Waals surface area contributed by atoms with Crippen molar-refractivity contribution < 1.29 is 4.42 Å². The van der Waals surface area contributed by atoms with Gasteiger partial charge in [-0.3, -0.25) is 4.68 Å². The molecule has 0 aliphatic heterocycles. The number of hydrogen-bond donors (Lipinski definition) is 0. The van der Waals surface area contributed by atoms with Crippen LogP contribution in [0.15, 0.2) is 29.3 Å². The van der Waals surface area contributed by atoms with E-state index in [1.807, 2.05) is 10.9 Å². The van der Waals surface area contributed by atoms with Crippen molar-refractivity contribution in [2.75, 3.05) is 0 Å². The summed E-state index contributed by atoms with van der Waals surface area (Å²) in [6, 6.07) is 0. The van der Waals surface area contributed by atoms with Crippen molar-refractivity contribution in [1.82, 2.24) is 14.8 Å². The summed E-state index contributed by atoms with van der Waals surface area (Å²) in [5, 5.41) is 4.27. The molecule has 1 aliphatic rings. The minimum Gasteiger partial charge on any atom is -0.444 e. The summed E-state index contributed by atoms with van der Waals surface area (Å²) in [4.78, 5) is 4.07. The Morgan fingerprint density at radius 2 is 2.43 bits per heavy atom. The van der Waals surface area contributed by atoms with Gasteiger partial charge in [0, 0.05) is 12.7 Å². The maximum absolute atomic E-state index is 5.19. The molecule has 4 nitrogen and oxygen atoms in total. The number of nitrogens with zero attached hydrogens (tertiary/aromatic N) is 3. The van der Waals surface area contributed by atoms with Gasteiger partial charge in [-0.05, 0) is 18.8 Å². The van der Waals surface area contributed by atoms with Crippen molar-refractivity contribution in [3.8, 4) is 11.5 Å². The third kappa shape index (κ3) is 1.43. The van der Waals surface area contributed by atoms with E-state index in [0.717, 1.165) is 18.0 Å². The highest BCUT2D eigenvalue weighted by atomic mass is 16.3. The Morgan fingerprint density at radius 1 is 1.50 bits per heavy atom. The fraction of sp³-hybridized carbons (Fsp3) is 0.400. The molecule has 0 bridgehead atoms. The van der Waals surface area contributed by atoms with Crippen molar-refractivity contribution in [2.24, 2.45) is 5.92 Å². The van der Waals surface area contributed by atoms with E-state index in [9.17, 15) is 0 Å². The van der Waals surface area contributed by atoms with Crippen molar-refractivity contribution in [2.45, 2.75) is 19.4 Å². The van der Waals surface area contributed by atoms with Gasteiger partial charge in [-0.2, -0.15) is 5.10 Å². The average molecular weight is 189 g/mol. The smallest absolute Gasteiger partial charge is 0.229 e. The van der Waals surface area contributed by atoms with Crippen LogP contribution in [0.2, 0.25) is 0 Å². The van der Waals surface area contributed by atoms with Crippen LogP contribution in [0.25, 0.3) is 11.5 Å². The van der Waals surface area contributed by atoms with Crippen molar-refractivity contribution in [3.05, 3.63) is 24.9 Å². The third-order valence-electron chi connectivity index (χ3n) is 2.45.